The van der Waals surface area contributed by atoms with Gasteiger partial charge in [-0.3, -0.25) is 9.59 Å². The molecule has 3 N–H and O–H groups in total. The number of carbonyl (C=O) groups is 2. The van der Waals surface area contributed by atoms with Gasteiger partial charge in [0, 0.05) is 6.42 Å². The summed E-state index contributed by atoms with van der Waals surface area (Å²) in [7, 11) is 0. The summed E-state index contributed by atoms with van der Waals surface area (Å²) in [6, 6.07) is -0.721. The fourth-order valence-electron chi connectivity index (χ4n) is 7.59. The highest BCUT2D eigenvalue weighted by molar-refractivity contribution is 5.77. The van der Waals surface area contributed by atoms with Crippen LogP contribution in [0.25, 0.3) is 0 Å². The number of hydrogen-bond donors (Lipinski definition) is 3. The number of rotatable bonds is 46. The first kappa shape index (κ1) is 59.3. The Morgan fingerprint density at radius 2 is 0.871 bits per heavy atom. The fraction of sp³-hybridized carbons (Fsp3) is 0.750. The molecule has 0 bridgehead atoms. The van der Waals surface area contributed by atoms with Crippen LogP contribution in [0, 0.1) is 0 Å². The second-order valence-corrected chi connectivity index (χ2v) is 17.5. The van der Waals surface area contributed by atoms with E-state index in [0.29, 0.717) is 19.3 Å². The number of allylic oxidation sites excluding steroid dienone is 12. The molecule has 0 aliphatic rings. The van der Waals surface area contributed by atoms with Crippen LogP contribution in [0.5, 0.6) is 0 Å². The highest BCUT2D eigenvalue weighted by atomic mass is 16.5. The Balaban J connectivity index is 4.72. The summed E-state index contributed by atoms with van der Waals surface area (Å²) in [5.41, 5.74) is 0. The number of ether oxygens (including phenoxy) is 1. The molecule has 0 saturated heterocycles. The van der Waals surface area contributed by atoms with Gasteiger partial charge in [0.25, 0.3) is 0 Å². The van der Waals surface area contributed by atoms with Gasteiger partial charge in [-0.2, -0.15) is 0 Å². The quantitative estimate of drug-likeness (QED) is 0.0322. The molecule has 0 saturated carbocycles. The van der Waals surface area contributed by atoms with Crippen molar-refractivity contribution in [2.75, 3.05) is 6.61 Å². The van der Waals surface area contributed by atoms with Gasteiger partial charge in [-0.05, 0) is 83.5 Å². The number of aliphatic hydroxyl groups excluding tert-OH is 2. The van der Waals surface area contributed by atoms with Gasteiger partial charge in [-0.15, -0.1) is 0 Å². The molecule has 6 nitrogen and oxygen atoms in total. The third-order valence-electron chi connectivity index (χ3n) is 11.5. The summed E-state index contributed by atoms with van der Waals surface area (Å²) < 4.78 is 5.89. The van der Waals surface area contributed by atoms with E-state index < -0.39 is 18.2 Å². The minimum Gasteiger partial charge on any atom is -0.462 e. The number of nitrogens with one attached hydrogen (secondary N) is 1. The summed E-state index contributed by atoms with van der Waals surface area (Å²) in [4.78, 5) is 26.1. The molecule has 0 aliphatic carbocycles. The molecule has 0 spiro atoms. The maximum absolute atomic E-state index is 13.2. The molecule has 0 rings (SSSR count). The van der Waals surface area contributed by atoms with Crippen LogP contribution >= 0.6 is 0 Å². The molecule has 358 valence electrons. The molecule has 0 heterocycles. The van der Waals surface area contributed by atoms with E-state index in [4.69, 9.17) is 4.74 Å². The summed E-state index contributed by atoms with van der Waals surface area (Å²) in [5.74, 6) is -0.580. The number of aliphatic hydroxyl groups is 2. The van der Waals surface area contributed by atoms with Crippen molar-refractivity contribution >= 4 is 11.9 Å². The van der Waals surface area contributed by atoms with Crippen molar-refractivity contribution in [2.45, 2.75) is 264 Å². The Bertz CT molecular complexity index is 1150. The molecule has 0 aromatic heterocycles. The van der Waals surface area contributed by atoms with Crippen molar-refractivity contribution in [1.82, 2.24) is 5.32 Å². The second-order valence-electron chi connectivity index (χ2n) is 17.5. The average Bonchev–Trinajstić information content (AvgIpc) is 3.26. The van der Waals surface area contributed by atoms with Gasteiger partial charge in [0.2, 0.25) is 5.91 Å². The summed E-state index contributed by atoms with van der Waals surface area (Å²) in [6.45, 7) is 6.34. The average molecular weight is 866 g/mol. The molecular weight excluding hydrogens is 767 g/mol. The van der Waals surface area contributed by atoms with Crippen molar-refractivity contribution < 1.29 is 24.5 Å². The van der Waals surface area contributed by atoms with Crippen LogP contribution < -0.4 is 5.32 Å². The Hall–Kier alpha value is -2.70. The lowest BCUT2D eigenvalue weighted by atomic mass is 10.0. The molecule has 0 aromatic rings. The van der Waals surface area contributed by atoms with Crippen LogP contribution in [0.15, 0.2) is 72.9 Å². The van der Waals surface area contributed by atoms with E-state index in [-0.39, 0.29) is 31.3 Å². The molecule has 0 aliphatic heterocycles. The lowest BCUT2D eigenvalue weighted by Gasteiger charge is -2.24. The van der Waals surface area contributed by atoms with E-state index in [1.165, 1.54) is 116 Å². The van der Waals surface area contributed by atoms with Crippen LogP contribution in [0.4, 0.5) is 0 Å². The first-order valence-electron chi connectivity index (χ1n) is 26.2. The minimum atomic E-state index is -0.804. The van der Waals surface area contributed by atoms with E-state index >= 15 is 0 Å². The largest absolute Gasteiger partial charge is 0.462 e. The third kappa shape index (κ3) is 43.9. The van der Waals surface area contributed by atoms with Gasteiger partial charge in [0.1, 0.15) is 6.10 Å². The van der Waals surface area contributed by atoms with Gasteiger partial charge in [0.15, 0.2) is 0 Å². The number of hydrogen-bond acceptors (Lipinski definition) is 5. The molecule has 62 heavy (non-hydrogen) atoms. The first-order chi connectivity index (χ1) is 30.5. The number of unbranched alkanes of at least 4 members (excludes halogenated alkanes) is 22. The predicted molar refractivity (Wildman–Crippen MR) is 268 cm³/mol. The zero-order chi connectivity index (χ0) is 45.2. The lowest BCUT2D eigenvalue weighted by molar-refractivity contribution is -0.150. The fourth-order valence-corrected chi connectivity index (χ4v) is 7.59. The maximum atomic E-state index is 13.2. The molecule has 0 fully saturated rings. The van der Waals surface area contributed by atoms with E-state index in [0.717, 1.165) is 77.0 Å². The Labute approximate surface area is 383 Å². The van der Waals surface area contributed by atoms with Crippen molar-refractivity contribution in [2.24, 2.45) is 0 Å². The molecule has 1 amide bonds. The molecule has 3 unspecified atom stereocenters. The van der Waals surface area contributed by atoms with E-state index in [1.54, 1.807) is 0 Å². The van der Waals surface area contributed by atoms with Gasteiger partial charge >= 0.3 is 5.97 Å². The highest BCUT2D eigenvalue weighted by Crippen LogP contribution is 2.17. The molecule has 0 aromatic carbocycles. The zero-order valence-corrected chi connectivity index (χ0v) is 40.7. The Morgan fingerprint density at radius 1 is 0.484 bits per heavy atom. The van der Waals surface area contributed by atoms with E-state index in [2.05, 4.69) is 92.9 Å². The first-order valence-corrected chi connectivity index (χ1v) is 26.2. The highest BCUT2D eigenvalue weighted by Gasteiger charge is 2.24. The standard InChI is InChI=1S/C56H99NO5/c1-4-7-10-13-16-19-22-25-27-29-31-34-37-40-43-46-49-56(61)62-52(47-44-41-38-35-32-30-28-26-23-20-17-14-11-8-5-2)50-55(60)57-53(51-58)54(59)48-45-42-39-36-33-24-21-18-15-12-9-6-3/h7,10,16,19,25-28,31,34,40,43,52-54,58-59H,4-6,8-9,11-15,17-18,20-24,29-30,32-33,35-39,41-42,44-51H2,1-3H3,(H,57,60)/b10-7+,19-16+,27-25+,28-26+,34-31+,43-40+. The van der Waals surface area contributed by atoms with Crippen molar-refractivity contribution in [3.05, 3.63) is 72.9 Å². The third-order valence-corrected chi connectivity index (χ3v) is 11.5. The van der Waals surface area contributed by atoms with Gasteiger partial charge in [0.05, 0.1) is 25.2 Å². The van der Waals surface area contributed by atoms with E-state index in [9.17, 15) is 19.8 Å². The number of carbonyl (C=O) groups excluding carboxylic acids is 2. The monoisotopic (exact) mass is 866 g/mol. The van der Waals surface area contributed by atoms with Gasteiger partial charge in [-0.1, -0.05) is 222 Å². The zero-order valence-electron chi connectivity index (χ0n) is 40.7. The van der Waals surface area contributed by atoms with Crippen LogP contribution in [-0.4, -0.2) is 46.9 Å². The second kappa shape index (κ2) is 49.3. The van der Waals surface area contributed by atoms with Crippen LogP contribution in [0.3, 0.4) is 0 Å². The van der Waals surface area contributed by atoms with Crippen LogP contribution in [-0.2, 0) is 14.3 Å². The van der Waals surface area contributed by atoms with Gasteiger partial charge < -0.3 is 20.3 Å². The van der Waals surface area contributed by atoms with E-state index in [1.807, 2.05) is 6.08 Å². The minimum absolute atomic E-state index is 0.0403. The maximum Gasteiger partial charge on any atom is 0.306 e. The SMILES string of the molecule is CC/C=C/C/C=C/C/C=C/C/C=C/C/C=C/CCC(=O)OC(CCCCCCC/C=C/CCCCCCCC)CC(=O)NC(CO)C(O)CCCCCCCCCCCCCC. The summed E-state index contributed by atoms with van der Waals surface area (Å²) in [5, 5.41) is 23.7. The predicted octanol–water partition coefficient (Wildman–Crippen LogP) is 15.8. The number of esters is 1. The Morgan fingerprint density at radius 3 is 1.32 bits per heavy atom. The number of amides is 1. The topological polar surface area (TPSA) is 95.9 Å². The van der Waals surface area contributed by atoms with Crippen molar-refractivity contribution in [3.8, 4) is 0 Å². The summed E-state index contributed by atoms with van der Waals surface area (Å²) in [6.07, 6.45) is 62.5. The van der Waals surface area contributed by atoms with Crippen LogP contribution in [0.2, 0.25) is 0 Å². The Kier molecular flexibility index (Phi) is 47.2. The summed E-state index contributed by atoms with van der Waals surface area (Å²) >= 11 is 0. The molecule has 0 radical (unpaired) electrons. The smallest absolute Gasteiger partial charge is 0.306 e. The van der Waals surface area contributed by atoms with Crippen LogP contribution in [0.1, 0.15) is 245 Å². The lowest BCUT2D eigenvalue weighted by Crippen LogP contribution is -2.46. The van der Waals surface area contributed by atoms with Crippen molar-refractivity contribution in [3.63, 3.8) is 0 Å². The van der Waals surface area contributed by atoms with Crippen molar-refractivity contribution in [1.29, 1.82) is 0 Å². The normalized spacial score (nSPS) is 13.8. The molecule has 6 heteroatoms. The molecule has 3 atom stereocenters. The molecular formula is C56H99NO5. The van der Waals surface area contributed by atoms with Gasteiger partial charge in [-0.25, -0.2) is 0 Å².